The summed E-state index contributed by atoms with van der Waals surface area (Å²) in [4.78, 5) is 1.68. The lowest BCUT2D eigenvalue weighted by Gasteiger charge is -2.21. The van der Waals surface area contributed by atoms with E-state index in [1.165, 1.54) is 0 Å². The van der Waals surface area contributed by atoms with E-state index in [9.17, 15) is 5.11 Å². The van der Waals surface area contributed by atoms with E-state index in [1.807, 2.05) is 19.1 Å². The Morgan fingerprint density at radius 1 is 1.43 bits per heavy atom. The molecule has 0 saturated heterocycles. The van der Waals surface area contributed by atoms with Gasteiger partial charge in [-0.25, -0.2) is 0 Å². The average Bonchev–Trinajstić information content (AvgIpc) is 2.49. The molecule has 0 fully saturated rings. The zero-order chi connectivity index (χ0) is 10.1. The van der Waals surface area contributed by atoms with Gasteiger partial charge in [0.25, 0.3) is 0 Å². The van der Waals surface area contributed by atoms with Crippen LogP contribution in [0.15, 0.2) is 29.4 Å². The Morgan fingerprint density at radius 3 is 2.57 bits per heavy atom. The Bertz CT molecular complexity index is 363. The van der Waals surface area contributed by atoms with Gasteiger partial charge in [0.2, 0.25) is 6.35 Å². The predicted molar refractivity (Wildman–Crippen MR) is 56.2 cm³/mol. The normalized spacial score (nSPS) is 20.6. The van der Waals surface area contributed by atoms with E-state index in [1.54, 1.807) is 17.0 Å². The summed E-state index contributed by atoms with van der Waals surface area (Å²) in [6.45, 7) is 1.82. The van der Waals surface area contributed by atoms with E-state index >= 15 is 0 Å². The molecule has 0 amide bonds. The van der Waals surface area contributed by atoms with Gasteiger partial charge in [-0.1, -0.05) is 11.6 Å². The van der Waals surface area contributed by atoms with Crippen LogP contribution in [0.25, 0.3) is 0 Å². The number of rotatable bonds is 1. The monoisotopic (exact) mass is 211 g/mol. The second-order valence-corrected chi connectivity index (χ2v) is 3.44. The zero-order valence-corrected chi connectivity index (χ0v) is 8.36. The number of amidine groups is 1. The minimum Gasteiger partial charge on any atom is -0.355 e. The van der Waals surface area contributed by atoms with E-state index in [0.29, 0.717) is 5.02 Å². The molecular formula is C9H10ClN3O. The number of hydrazone groups is 1. The second-order valence-electron chi connectivity index (χ2n) is 3.01. The molecule has 0 spiro atoms. The van der Waals surface area contributed by atoms with Crippen molar-refractivity contribution >= 4 is 23.1 Å². The van der Waals surface area contributed by atoms with Crippen molar-refractivity contribution < 1.29 is 5.11 Å². The molecule has 0 radical (unpaired) electrons. The molecule has 1 unspecified atom stereocenters. The number of nitrogens with one attached hydrogen (secondary N) is 1. The number of hydrogen-bond donors (Lipinski definition) is 2. The van der Waals surface area contributed by atoms with Crippen molar-refractivity contribution in [1.82, 2.24) is 5.43 Å². The molecule has 1 aromatic rings. The predicted octanol–water partition coefficient (Wildman–Crippen LogP) is 1.36. The topological polar surface area (TPSA) is 47.9 Å². The standard InChI is InChI=1S/C9H10ClN3O/c1-6-11-12-9(14)13(6)8-4-2-7(10)3-5-8/h2-5,9,12,14H,1H3. The Hall–Kier alpha value is -1.26. The van der Waals surface area contributed by atoms with Gasteiger partial charge in [0, 0.05) is 10.7 Å². The van der Waals surface area contributed by atoms with Gasteiger partial charge in [0.15, 0.2) is 0 Å². The third-order valence-electron chi connectivity index (χ3n) is 2.04. The maximum Gasteiger partial charge on any atom is 0.225 e. The van der Waals surface area contributed by atoms with Gasteiger partial charge in [-0.2, -0.15) is 5.10 Å². The van der Waals surface area contributed by atoms with Crippen LogP contribution in [-0.4, -0.2) is 17.3 Å². The van der Waals surface area contributed by atoms with Crippen molar-refractivity contribution in [2.75, 3.05) is 4.90 Å². The van der Waals surface area contributed by atoms with Crippen LogP contribution in [0.1, 0.15) is 6.92 Å². The summed E-state index contributed by atoms with van der Waals surface area (Å²) in [6.07, 6.45) is -0.795. The molecular weight excluding hydrogens is 202 g/mol. The van der Waals surface area contributed by atoms with Crippen LogP contribution in [-0.2, 0) is 0 Å². The lowest BCUT2D eigenvalue weighted by Crippen LogP contribution is -2.39. The maximum absolute atomic E-state index is 9.55. The molecule has 2 rings (SSSR count). The smallest absolute Gasteiger partial charge is 0.225 e. The van der Waals surface area contributed by atoms with Crippen molar-refractivity contribution in [3.05, 3.63) is 29.3 Å². The summed E-state index contributed by atoms with van der Waals surface area (Å²) >= 11 is 5.76. The number of aliphatic hydroxyl groups is 1. The first-order valence-electron chi connectivity index (χ1n) is 4.21. The molecule has 1 atom stereocenters. The van der Waals surface area contributed by atoms with Gasteiger partial charge >= 0.3 is 0 Å². The average molecular weight is 212 g/mol. The van der Waals surface area contributed by atoms with Crippen LogP contribution in [0.3, 0.4) is 0 Å². The molecule has 0 aliphatic carbocycles. The molecule has 1 heterocycles. The Kier molecular flexibility index (Phi) is 2.31. The zero-order valence-electron chi connectivity index (χ0n) is 7.61. The summed E-state index contributed by atoms with van der Waals surface area (Å²) in [5.74, 6) is 0.722. The summed E-state index contributed by atoms with van der Waals surface area (Å²) in [6, 6.07) is 7.21. The van der Waals surface area contributed by atoms with Crippen molar-refractivity contribution in [3.8, 4) is 0 Å². The molecule has 4 nitrogen and oxygen atoms in total. The Morgan fingerprint density at radius 2 is 2.07 bits per heavy atom. The fraction of sp³-hybridized carbons (Fsp3) is 0.222. The molecule has 5 heteroatoms. The molecule has 0 saturated carbocycles. The molecule has 14 heavy (non-hydrogen) atoms. The Labute approximate surface area is 86.8 Å². The van der Waals surface area contributed by atoms with Gasteiger partial charge < -0.3 is 5.11 Å². The molecule has 1 aromatic carbocycles. The first-order valence-corrected chi connectivity index (χ1v) is 4.59. The lowest BCUT2D eigenvalue weighted by atomic mass is 10.3. The van der Waals surface area contributed by atoms with Crippen LogP contribution in [0.4, 0.5) is 5.69 Å². The van der Waals surface area contributed by atoms with Crippen LogP contribution in [0, 0.1) is 0 Å². The number of aliphatic hydroxyl groups excluding tert-OH is 1. The van der Waals surface area contributed by atoms with E-state index in [4.69, 9.17) is 11.6 Å². The van der Waals surface area contributed by atoms with E-state index in [2.05, 4.69) is 10.5 Å². The highest BCUT2D eigenvalue weighted by Gasteiger charge is 2.23. The third kappa shape index (κ3) is 1.54. The summed E-state index contributed by atoms with van der Waals surface area (Å²) in [7, 11) is 0. The highest BCUT2D eigenvalue weighted by molar-refractivity contribution is 6.30. The molecule has 1 aliphatic heterocycles. The van der Waals surface area contributed by atoms with Crippen molar-refractivity contribution in [2.24, 2.45) is 5.10 Å². The minimum atomic E-state index is -0.795. The summed E-state index contributed by atoms with van der Waals surface area (Å²) in [5.41, 5.74) is 3.42. The van der Waals surface area contributed by atoms with Gasteiger partial charge in [-0.05, 0) is 31.2 Å². The molecule has 2 N–H and O–H groups in total. The van der Waals surface area contributed by atoms with Crippen LogP contribution in [0.2, 0.25) is 5.02 Å². The summed E-state index contributed by atoms with van der Waals surface area (Å²) < 4.78 is 0. The fourth-order valence-corrected chi connectivity index (χ4v) is 1.50. The van der Waals surface area contributed by atoms with Gasteiger partial charge in [-0.3, -0.25) is 10.3 Å². The highest BCUT2D eigenvalue weighted by Crippen LogP contribution is 2.21. The number of nitrogens with zero attached hydrogens (tertiary/aromatic N) is 2. The molecule has 0 aromatic heterocycles. The third-order valence-corrected chi connectivity index (χ3v) is 2.29. The first kappa shape index (κ1) is 9.30. The molecule has 0 bridgehead atoms. The SMILES string of the molecule is CC1=NNC(O)N1c1ccc(Cl)cc1. The first-order chi connectivity index (χ1) is 6.68. The lowest BCUT2D eigenvalue weighted by molar-refractivity contribution is 0.159. The van der Waals surface area contributed by atoms with E-state index in [-0.39, 0.29) is 0 Å². The largest absolute Gasteiger partial charge is 0.355 e. The maximum atomic E-state index is 9.55. The number of anilines is 1. The fourth-order valence-electron chi connectivity index (χ4n) is 1.37. The van der Waals surface area contributed by atoms with Gasteiger partial charge in [0.1, 0.15) is 5.84 Å². The summed E-state index contributed by atoms with van der Waals surface area (Å²) in [5, 5.41) is 14.1. The Balaban J connectivity index is 2.30. The van der Waals surface area contributed by atoms with Crippen molar-refractivity contribution in [2.45, 2.75) is 13.3 Å². The molecule has 1 aliphatic rings. The van der Waals surface area contributed by atoms with Crippen LogP contribution in [0.5, 0.6) is 0 Å². The minimum absolute atomic E-state index is 0.671. The van der Waals surface area contributed by atoms with Gasteiger partial charge in [0.05, 0.1) is 0 Å². The van der Waals surface area contributed by atoms with Gasteiger partial charge in [-0.15, -0.1) is 0 Å². The van der Waals surface area contributed by atoms with Crippen LogP contribution >= 0.6 is 11.6 Å². The second kappa shape index (κ2) is 3.48. The van der Waals surface area contributed by atoms with Crippen molar-refractivity contribution in [1.29, 1.82) is 0 Å². The van der Waals surface area contributed by atoms with Crippen molar-refractivity contribution in [3.63, 3.8) is 0 Å². The highest BCUT2D eigenvalue weighted by atomic mass is 35.5. The number of benzene rings is 1. The quantitative estimate of drug-likeness (QED) is 0.738. The molecule has 74 valence electrons. The van der Waals surface area contributed by atoms with E-state index < -0.39 is 6.35 Å². The number of halogens is 1. The number of hydrogen-bond acceptors (Lipinski definition) is 4. The van der Waals surface area contributed by atoms with E-state index in [0.717, 1.165) is 11.5 Å². The van der Waals surface area contributed by atoms with Crippen LogP contribution < -0.4 is 10.3 Å².